The highest BCUT2D eigenvalue weighted by atomic mass is 32.2. The van der Waals surface area contributed by atoms with Gasteiger partial charge in [0.2, 0.25) is 5.91 Å². The lowest BCUT2D eigenvalue weighted by atomic mass is 10.3. The molecule has 3 nitrogen and oxygen atoms in total. The summed E-state index contributed by atoms with van der Waals surface area (Å²) in [4.78, 5) is 11.2. The second-order valence-electron chi connectivity index (χ2n) is 3.83. The molecule has 0 aromatic rings. The summed E-state index contributed by atoms with van der Waals surface area (Å²) in [7, 11) is 0. The second kappa shape index (κ2) is 6.27. The Balaban J connectivity index is 3.41. The van der Waals surface area contributed by atoms with Gasteiger partial charge in [-0.15, -0.1) is 11.8 Å². The van der Waals surface area contributed by atoms with Gasteiger partial charge in [-0.25, -0.2) is 0 Å². The van der Waals surface area contributed by atoms with E-state index in [1.54, 1.807) is 11.8 Å². The lowest BCUT2D eigenvalue weighted by molar-refractivity contribution is -0.118. The molecule has 0 rings (SSSR count). The van der Waals surface area contributed by atoms with Crippen molar-refractivity contribution in [2.45, 2.75) is 31.9 Å². The standard InChI is InChI=1S/C9H19NO2S/c1-9(2,3)13-7-8(12)10-5-4-6-11/h11H,4-7H2,1-3H3,(H,10,12). The van der Waals surface area contributed by atoms with Crippen LogP contribution in [0.4, 0.5) is 0 Å². The topological polar surface area (TPSA) is 49.3 Å². The predicted molar refractivity (Wildman–Crippen MR) is 56.9 cm³/mol. The molecule has 78 valence electrons. The van der Waals surface area contributed by atoms with Crippen LogP contribution < -0.4 is 5.32 Å². The van der Waals surface area contributed by atoms with Gasteiger partial charge in [-0.3, -0.25) is 4.79 Å². The summed E-state index contributed by atoms with van der Waals surface area (Å²) in [5.41, 5.74) is 0. The summed E-state index contributed by atoms with van der Waals surface area (Å²) in [5.74, 6) is 0.544. The summed E-state index contributed by atoms with van der Waals surface area (Å²) in [5, 5.41) is 11.2. The van der Waals surface area contributed by atoms with Crippen molar-refractivity contribution in [3.8, 4) is 0 Å². The van der Waals surface area contributed by atoms with Crippen molar-refractivity contribution in [1.29, 1.82) is 0 Å². The van der Waals surface area contributed by atoms with Crippen LogP contribution in [-0.4, -0.2) is 34.7 Å². The quantitative estimate of drug-likeness (QED) is 0.659. The summed E-state index contributed by atoms with van der Waals surface area (Å²) < 4.78 is 0.133. The van der Waals surface area contributed by atoms with E-state index in [1.165, 1.54) is 0 Å². The molecule has 0 aromatic carbocycles. The zero-order chi connectivity index (χ0) is 10.3. The molecule has 0 bridgehead atoms. The van der Waals surface area contributed by atoms with E-state index < -0.39 is 0 Å². The van der Waals surface area contributed by atoms with E-state index in [4.69, 9.17) is 5.11 Å². The maximum absolute atomic E-state index is 11.2. The molecule has 13 heavy (non-hydrogen) atoms. The number of amides is 1. The van der Waals surface area contributed by atoms with Crippen LogP contribution >= 0.6 is 11.8 Å². The van der Waals surface area contributed by atoms with Gasteiger partial charge in [-0.1, -0.05) is 20.8 Å². The molecule has 0 aliphatic carbocycles. The van der Waals surface area contributed by atoms with E-state index in [-0.39, 0.29) is 17.3 Å². The summed E-state index contributed by atoms with van der Waals surface area (Å²) in [6, 6.07) is 0. The normalized spacial score (nSPS) is 11.4. The zero-order valence-electron chi connectivity index (χ0n) is 8.59. The van der Waals surface area contributed by atoms with Crippen molar-refractivity contribution < 1.29 is 9.90 Å². The smallest absolute Gasteiger partial charge is 0.230 e. The first-order valence-electron chi connectivity index (χ1n) is 4.47. The van der Waals surface area contributed by atoms with Crippen LogP contribution in [0.25, 0.3) is 0 Å². The molecule has 0 saturated heterocycles. The Kier molecular flexibility index (Phi) is 6.16. The number of hydrogen-bond donors (Lipinski definition) is 2. The highest BCUT2D eigenvalue weighted by molar-refractivity contribution is 8.01. The molecule has 0 aromatic heterocycles. The monoisotopic (exact) mass is 205 g/mol. The average molecular weight is 205 g/mol. The number of rotatable bonds is 5. The highest BCUT2D eigenvalue weighted by Crippen LogP contribution is 2.22. The van der Waals surface area contributed by atoms with Crippen LogP contribution in [0, 0.1) is 0 Å². The summed E-state index contributed by atoms with van der Waals surface area (Å²) >= 11 is 1.63. The van der Waals surface area contributed by atoms with Gasteiger partial charge in [0.1, 0.15) is 0 Å². The fraction of sp³-hybridized carbons (Fsp3) is 0.889. The molecule has 0 heterocycles. The van der Waals surface area contributed by atoms with E-state index >= 15 is 0 Å². The molecule has 0 saturated carbocycles. The number of nitrogens with one attached hydrogen (secondary N) is 1. The van der Waals surface area contributed by atoms with E-state index in [0.717, 1.165) is 0 Å². The third-order valence-electron chi connectivity index (χ3n) is 1.29. The van der Waals surface area contributed by atoms with Gasteiger partial charge in [0, 0.05) is 17.9 Å². The largest absolute Gasteiger partial charge is 0.396 e. The molecular weight excluding hydrogens is 186 g/mol. The summed E-state index contributed by atoms with van der Waals surface area (Å²) in [6.07, 6.45) is 0.631. The Morgan fingerprint density at radius 3 is 2.54 bits per heavy atom. The first kappa shape index (κ1) is 12.8. The van der Waals surface area contributed by atoms with Crippen LogP contribution in [0.1, 0.15) is 27.2 Å². The maximum Gasteiger partial charge on any atom is 0.230 e. The molecule has 2 N–H and O–H groups in total. The number of aliphatic hydroxyl groups excluding tert-OH is 1. The van der Waals surface area contributed by atoms with Crippen LogP contribution in [-0.2, 0) is 4.79 Å². The minimum absolute atomic E-state index is 0.0494. The van der Waals surface area contributed by atoms with Gasteiger partial charge in [0.25, 0.3) is 0 Å². The van der Waals surface area contributed by atoms with Crippen LogP contribution in [0.2, 0.25) is 0 Å². The van der Waals surface area contributed by atoms with Gasteiger partial charge < -0.3 is 10.4 Å². The third kappa shape index (κ3) is 9.70. The van der Waals surface area contributed by atoms with E-state index in [1.807, 2.05) is 0 Å². The van der Waals surface area contributed by atoms with Gasteiger partial charge >= 0.3 is 0 Å². The molecule has 0 unspecified atom stereocenters. The average Bonchev–Trinajstić information content (AvgIpc) is 2.00. The van der Waals surface area contributed by atoms with Crippen molar-refractivity contribution in [3.05, 3.63) is 0 Å². The van der Waals surface area contributed by atoms with Gasteiger partial charge in [0.05, 0.1) is 5.75 Å². The van der Waals surface area contributed by atoms with Crippen LogP contribution in [0.5, 0.6) is 0 Å². The first-order valence-corrected chi connectivity index (χ1v) is 5.46. The number of aliphatic hydroxyl groups is 1. The van der Waals surface area contributed by atoms with E-state index in [9.17, 15) is 4.79 Å². The van der Waals surface area contributed by atoms with Crippen molar-refractivity contribution in [3.63, 3.8) is 0 Å². The van der Waals surface area contributed by atoms with Crippen molar-refractivity contribution in [1.82, 2.24) is 5.32 Å². The Bertz CT molecular complexity index is 154. The Morgan fingerprint density at radius 2 is 2.08 bits per heavy atom. The Hall–Kier alpha value is -0.220. The number of carbonyl (C=O) groups is 1. The predicted octanol–water partition coefficient (Wildman–Crippen LogP) is 1.02. The summed E-state index contributed by atoms with van der Waals surface area (Å²) in [6.45, 7) is 6.95. The highest BCUT2D eigenvalue weighted by Gasteiger charge is 2.12. The minimum Gasteiger partial charge on any atom is -0.396 e. The van der Waals surface area contributed by atoms with Gasteiger partial charge in [0.15, 0.2) is 0 Å². The van der Waals surface area contributed by atoms with Gasteiger partial charge in [-0.2, -0.15) is 0 Å². The fourth-order valence-corrected chi connectivity index (χ4v) is 1.31. The number of thioether (sulfide) groups is 1. The Labute approximate surface area is 84.3 Å². The maximum atomic E-state index is 11.2. The fourth-order valence-electron chi connectivity index (χ4n) is 0.640. The molecule has 0 aliphatic heterocycles. The molecule has 0 radical (unpaired) electrons. The van der Waals surface area contributed by atoms with E-state index in [2.05, 4.69) is 26.1 Å². The van der Waals surface area contributed by atoms with Crippen molar-refractivity contribution in [2.24, 2.45) is 0 Å². The van der Waals surface area contributed by atoms with Crippen LogP contribution in [0.15, 0.2) is 0 Å². The lowest BCUT2D eigenvalue weighted by Gasteiger charge is -2.16. The first-order chi connectivity index (χ1) is 5.95. The molecule has 0 spiro atoms. The SMILES string of the molecule is CC(C)(C)SCC(=O)NCCCO. The molecular formula is C9H19NO2S. The van der Waals surface area contributed by atoms with Crippen LogP contribution in [0.3, 0.4) is 0 Å². The van der Waals surface area contributed by atoms with Crippen molar-refractivity contribution >= 4 is 17.7 Å². The van der Waals surface area contributed by atoms with E-state index in [0.29, 0.717) is 18.7 Å². The number of carbonyl (C=O) groups excluding carboxylic acids is 1. The third-order valence-corrected chi connectivity index (χ3v) is 2.57. The zero-order valence-corrected chi connectivity index (χ0v) is 9.41. The van der Waals surface area contributed by atoms with Crippen molar-refractivity contribution in [2.75, 3.05) is 18.9 Å². The molecule has 1 amide bonds. The molecule has 4 heteroatoms. The Morgan fingerprint density at radius 1 is 1.46 bits per heavy atom. The number of hydrogen-bond acceptors (Lipinski definition) is 3. The molecule has 0 atom stereocenters. The lowest BCUT2D eigenvalue weighted by Crippen LogP contribution is -2.28. The molecule has 0 fully saturated rings. The van der Waals surface area contributed by atoms with Gasteiger partial charge in [-0.05, 0) is 6.42 Å². The minimum atomic E-state index is 0.0494. The molecule has 0 aliphatic rings. The second-order valence-corrected chi connectivity index (χ2v) is 5.63.